The molecule has 162 valence electrons. The average Bonchev–Trinajstić information content (AvgIpc) is 3.14. The van der Waals surface area contributed by atoms with Crippen LogP contribution >= 0.6 is 11.3 Å². The van der Waals surface area contributed by atoms with Crippen LogP contribution in [0.5, 0.6) is 0 Å². The summed E-state index contributed by atoms with van der Waals surface area (Å²) in [5.41, 5.74) is 2.67. The summed E-state index contributed by atoms with van der Waals surface area (Å²) >= 11 is 1.46. The number of aliphatic hydroxyl groups excluding tert-OH is 1. The number of benzene rings is 1. The number of anilines is 2. The predicted octanol–water partition coefficient (Wildman–Crippen LogP) is 2.97. The fourth-order valence-corrected chi connectivity index (χ4v) is 4.89. The number of hydrogen-bond donors (Lipinski definition) is 2. The number of morpholine rings is 1. The van der Waals surface area contributed by atoms with Gasteiger partial charge in [-0.25, -0.2) is 4.98 Å². The van der Waals surface area contributed by atoms with Crippen molar-refractivity contribution in [2.45, 2.75) is 51.5 Å². The van der Waals surface area contributed by atoms with Gasteiger partial charge in [-0.15, -0.1) is 11.3 Å². The van der Waals surface area contributed by atoms with Crippen LogP contribution in [0.15, 0.2) is 29.6 Å². The summed E-state index contributed by atoms with van der Waals surface area (Å²) in [5, 5.41) is 15.2. The van der Waals surface area contributed by atoms with Gasteiger partial charge in [0.25, 0.3) is 5.91 Å². The summed E-state index contributed by atoms with van der Waals surface area (Å²) in [6.45, 7) is 8.43. The Hall–Kier alpha value is -2.00. The number of rotatable bonds is 5. The minimum absolute atomic E-state index is 0.148. The minimum Gasteiger partial charge on any atom is -0.393 e. The zero-order valence-corrected chi connectivity index (χ0v) is 18.4. The monoisotopic (exact) mass is 430 g/mol. The first-order valence-corrected chi connectivity index (χ1v) is 11.5. The van der Waals surface area contributed by atoms with E-state index in [2.05, 4.69) is 33.9 Å². The number of hydrogen-bond acceptors (Lipinski definition) is 7. The molecule has 2 N–H and O–H groups in total. The van der Waals surface area contributed by atoms with E-state index in [0.29, 0.717) is 10.7 Å². The molecule has 2 unspecified atom stereocenters. The lowest BCUT2D eigenvalue weighted by molar-refractivity contribution is -0.0707. The van der Waals surface area contributed by atoms with Crippen molar-refractivity contribution >= 4 is 28.1 Å². The van der Waals surface area contributed by atoms with Crippen LogP contribution in [-0.2, 0) is 11.3 Å². The summed E-state index contributed by atoms with van der Waals surface area (Å²) in [6.07, 6.45) is 1.84. The summed E-state index contributed by atoms with van der Waals surface area (Å²) in [4.78, 5) is 21.8. The highest BCUT2D eigenvalue weighted by atomic mass is 32.1. The van der Waals surface area contributed by atoms with Gasteiger partial charge in [0.2, 0.25) is 0 Å². The number of thiazole rings is 1. The molecule has 2 aromatic rings. The molecular weight excluding hydrogens is 400 g/mol. The van der Waals surface area contributed by atoms with Gasteiger partial charge in [0.15, 0.2) is 5.13 Å². The fraction of sp³-hybridized carbons (Fsp3) is 0.545. The summed E-state index contributed by atoms with van der Waals surface area (Å²) < 4.78 is 5.78. The third-order valence-electron chi connectivity index (χ3n) is 5.61. The summed E-state index contributed by atoms with van der Waals surface area (Å²) in [5.74, 6) is -0.148. The third-order valence-corrected chi connectivity index (χ3v) is 6.42. The van der Waals surface area contributed by atoms with Gasteiger partial charge in [-0.05, 0) is 51.0 Å². The Balaban J connectivity index is 1.32. The molecule has 1 amide bonds. The van der Waals surface area contributed by atoms with E-state index in [9.17, 15) is 9.90 Å². The number of carbonyl (C=O) groups excluding carboxylic acids is 1. The molecule has 0 bridgehead atoms. The lowest BCUT2D eigenvalue weighted by Gasteiger charge is -2.34. The van der Waals surface area contributed by atoms with Crippen molar-refractivity contribution in [2.75, 3.05) is 36.4 Å². The Labute approximate surface area is 181 Å². The number of piperidine rings is 1. The number of nitrogens with zero attached hydrogens (tertiary/aromatic N) is 3. The topological polar surface area (TPSA) is 77.9 Å². The first-order valence-electron chi connectivity index (χ1n) is 10.6. The quantitative estimate of drug-likeness (QED) is 0.759. The Bertz CT molecular complexity index is 838. The standard InChI is InChI=1S/C22H30N4O3S/c1-15-11-25(12-16(2)29-15)13-18-14-30-22(23-18)24-21(28)17-3-5-19(6-4-17)26-9-7-20(27)8-10-26/h3-6,14-16,20,27H,7-13H2,1-2H3,(H,23,24,28). The molecule has 4 rings (SSSR count). The second-order valence-corrected chi connectivity index (χ2v) is 9.17. The number of carbonyl (C=O) groups is 1. The van der Waals surface area contributed by atoms with E-state index in [-0.39, 0.29) is 24.2 Å². The summed E-state index contributed by atoms with van der Waals surface area (Å²) in [6, 6.07) is 7.64. The molecule has 0 spiro atoms. The molecule has 2 fully saturated rings. The van der Waals surface area contributed by atoms with Crippen molar-refractivity contribution in [3.63, 3.8) is 0 Å². The lowest BCUT2D eigenvalue weighted by Crippen LogP contribution is -2.44. The molecule has 2 atom stereocenters. The van der Waals surface area contributed by atoms with Crippen LogP contribution < -0.4 is 10.2 Å². The number of amides is 1. The van der Waals surface area contributed by atoms with E-state index < -0.39 is 0 Å². The Morgan fingerprint density at radius 3 is 2.53 bits per heavy atom. The van der Waals surface area contributed by atoms with Crippen molar-refractivity contribution in [3.8, 4) is 0 Å². The maximum atomic E-state index is 12.6. The van der Waals surface area contributed by atoms with Gasteiger partial charge < -0.3 is 14.7 Å². The number of aromatic nitrogens is 1. The Morgan fingerprint density at radius 2 is 1.87 bits per heavy atom. The molecule has 1 aromatic heterocycles. The fourth-order valence-electron chi connectivity index (χ4n) is 4.20. The summed E-state index contributed by atoms with van der Waals surface area (Å²) in [7, 11) is 0. The van der Waals surface area contributed by atoms with Gasteiger partial charge in [-0.3, -0.25) is 15.0 Å². The average molecular weight is 431 g/mol. The molecule has 3 heterocycles. The number of ether oxygens (including phenoxy) is 1. The van der Waals surface area contributed by atoms with Crippen LogP contribution in [0, 0.1) is 0 Å². The molecule has 1 aromatic carbocycles. The number of aliphatic hydroxyl groups is 1. The van der Waals surface area contributed by atoms with E-state index in [4.69, 9.17) is 4.74 Å². The van der Waals surface area contributed by atoms with E-state index in [1.165, 1.54) is 11.3 Å². The van der Waals surface area contributed by atoms with Crippen LogP contribution in [0.1, 0.15) is 42.7 Å². The van der Waals surface area contributed by atoms with E-state index >= 15 is 0 Å². The van der Waals surface area contributed by atoms with Crippen molar-refractivity contribution in [2.24, 2.45) is 0 Å². The van der Waals surface area contributed by atoms with Gasteiger partial charge in [0.05, 0.1) is 24.0 Å². The predicted molar refractivity (Wildman–Crippen MR) is 119 cm³/mol. The van der Waals surface area contributed by atoms with Gasteiger partial charge in [0.1, 0.15) is 0 Å². The molecule has 0 aliphatic carbocycles. The van der Waals surface area contributed by atoms with Gasteiger partial charge in [-0.1, -0.05) is 0 Å². The maximum Gasteiger partial charge on any atom is 0.257 e. The molecule has 30 heavy (non-hydrogen) atoms. The highest BCUT2D eigenvalue weighted by Crippen LogP contribution is 2.22. The normalized spacial score (nSPS) is 23.5. The molecule has 2 aliphatic heterocycles. The SMILES string of the molecule is CC1CN(Cc2csc(NC(=O)c3ccc(N4CCC(O)CC4)cc3)n2)CC(C)O1. The first kappa shape index (κ1) is 21.2. The molecule has 8 heteroatoms. The zero-order chi connectivity index (χ0) is 21.1. The van der Waals surface area contributed by atoms with Crippen molar-refractivity contribution in [1.82, 2.24) is 9.88 Å². The van der Waals surface area contributed by atoms with Crippen LogP contribution in [0.3, 0.4) is 0 Å². The van der Waals surface area contributed by atoms with Gasteiger partial charge in [0, 0.05) is 49.4 Å². The molecule has 7 nitrogen and oxygen atoms in total. The molecule has 2 aliphatic rings. The zero-order valence-electron chi connectivity index (χ0n) is 17.6. The van der Waals surface area contributed by atoms with Crippen LogP contribution in [0.2, 0.25) is 0 Å². The lowest BCUT2D eigenvalue weighted by atomic mass is 10.1. The molecule has 0 radical (unpaired) electrons. The van der Waals surface area contributed by atoms with Gasteiger partial charge >= 0.3 is 0 Å². The van der Waals surface area contributed by atoms with Crippen molar-refractivity contribution < 1.29 is 14.6 Å². The molecular formula is C22H30N4O3S. The molecule has 0 saturated carbocycles. The van der Waals surface area contributed by atoms with Gasteiger partial charge in [-0.2, -0.15) is 0 Å². The first-order chi connectivity index (χ1) is 14.5. The smallest absolute Gasteiger partial charge is 0.257 e. The van der Waals surface area contributed by atoms with Crippen LogP contribution in [-0.4, -0.2) is 65.4 Å². The Morgan fingerprint density at radius 1 is 1.20 bits per heavy atom. The third kappa shape index (κ3) is 5.37. The molecule has 2 saturated heterocycles. The van der Waals surface area contributed by atoms with E-state index in [0.717, 1.165) is 56.9 Å². The largest absolute Gasteiger partial charge is 0.393 e. The van der Waals surface area contributed by atoms with E-state index in [1.54, 1.807) is 0 Å². The number of nitrogens with one attached hydrogen (secondary N) is 1. The van der Waals surface area contributed by atoms with E-state index in [1.807, 2.05) is 29.6 Å². The second kappa shape index (κ2) is 9.43. The highest BCUT2D eigenvalue weighted by molar-refractivity contribution is 7.13. The highest BCUT2D eigenvalue weighted by Gasteiger charge is 2.23. The second-order valence-electron chi connectivity index (χ2n) is 8.31. The van der Waals surface area contributed by atoms with Crippen LogP contribution in [0.4, 0.5) is 10.8 Å². The maximum absolute atomic E-state index is 12.6. The minimum atomic E-state index is -0.190. The Kier molecular flexibility index (Phi) is 6.67. The van der Waals surface area contributed by atoms with Crippen molar-refractivity contribution in [3.05, 3.63) is 40.9 Å². The van der Waals surface area contributed by atoms with Crippen LogP contribution in [0.25, 0.3) is 0 Å². The van der Waals surface area contributed by atoms with Crippen molar-refractivity contribution in [1.29, 1.82) is 0 Å².